The van der Waals surface area contributed by atoms with Crippen molar-refractivity contribution in [2.45, 2.75) is 19.3 Å². The molecule has 3 heteroatoms. The zero-order chi connectivity index (χ0) is 35.5. The lowest BCUT2D eigenvalue weighted by molar-refractivity contribution is 0.623. The highest BCUT2D eigenvalue weighted by Gasteiger charge is 2.35. The van der Waals surface area contributed by atoms with Crippen molar-refractivity contribution < 1.29 is 4.42 Å². The van der Waals surface area contributed by atoms with Gasteiger partial charge in [0.15, 0.2) is 5.58 Å². The summed E-state index contributed by atoms with van der Waals surface area (Å²) in [5, 5.41) is 2.19. The molecule has 0 radical (unpaired) electrons. The van der Waals surface area contributed by atoms with E-state index < -0.39 is 0 Å². The highest BCUT2D eigenvalue weighted by atomic mass is 16.3. The molecule has 9 aromatic rings. The van der Waals surface area contributed by atoms with Gasteiger partial charge in [0.2, 0.25) is 5.89 Å². The first-order chi connectivity index (χ1) is 26.0. The normalized spacial score (nSPS) is 12.9. The van der Waals surface area contributed by atoms with Gasteiger partial charge in [0.1, 0.15) is 5.52 Å². The molecule has 10 rings (SSSR count). The van der Waals surface area contributed by atoms with Gasteiger partial charge in [-0.15, -0.1) is 0 Å². The maximum atomic E-state index is 6.51. The molecule has 0 atom stereocenters. The van der Waals surface area contributed by atoms with Crippen molar-refractivity contribution in [3.63, 3.8) is 0 Å². The summed E-state index contributed by atoms with van der Waals surface area (Å²) in [6.45, 7) is 4.68. The van der Waals surface area contributed by atoms with Crippen LogP contribution in [0, 0.1) is 0 Å². The molecule has 0 saturated carbocycles. The van der Waals surface area contributed by atoms with Crippen LogP contribution in [0.1, 0.15) is 25.0 Å². The Balaban J connectivity index is 1.09. The minimum Gasteiger partial charge on any atom is -0.435 e. The molecule has 0 spiro atoms. The van der Waals surface area contributed by atoms with Crippen LogP contribution in [-0.2, 0) is 5.41 Å². The maximum absolute atomic E-state index is 6.51. The summed E-state index contributed by atoms with van der Waals surface area (Å²) in [6.07, 6.45) is 0. The molecule has 0 saturated heterocycles. The van der Waals surface area contributed by atoms with Crippen LogP contribution in [0.4, 0.5) is 17.1 Å². The number of rotatable bonds is 6. The molecule has 53 heavy (non-hydrogen) atoms. The van der Waals surface area contributed by atoms with E-state index in [4.69, 9.17) is 9.40 Å². The number of fused-ring (bicyclic) bond motifs is 6. The highest BCUT2D eigenvalue weighted by molar-refractivity contribution is 6.11. The molecule has 3 nitrogen and oxygen atoms in total. The van der Waals surface area contributed by atoms with E-state index >= 15 is 0 Å². The fraction of sp³-hybridized carbons (Fsp3) is 0.0600. The monoisotopic (exact) mass is 680 g/mol. The van der Waals surface area contributed by atoms with Crippen molar-refractivity contribution in [2.75, 3.05) is 4.90 Å². The Morgan fingerprint density at radius 2 is 1.04 bits per heavy atom. The first-order valence-electron chi connectivity index (χ1n) is 18.2. The van der Waals surface area contributed by atoms with Gasteiger partial charge in [0, 0.05) is 33.4 Å². The lowest BCUT2D eigenvalue weighted by atomic mass is 9.82. The number of anilines is 3. The van der Waals surface area contributed by atoms with Crippen LogP contribution in [0.3, 0.4) is 0 Å². The molecule has 0 fully saturated rings. The van der Waals surface area contributed by atoms with Crippen LogP contribution in [0.2, 0.25) is 0 Å². The Hall–Kier alpha value is -6.71. The van der Waals surface area contributed by atoms with Gasteiger partial charge in [0.05, 0.1) is 0 Å². The molecular weight excluding hydrogens is 645 g/mol. The Morgan fingerprint density at radius 1 is 0.453 bits per heavy atom. The quantitative estimate of drug-likeness (QED) is 0.175. The molecule has 1 aliphatic rings. The molecule has 252 valence electrons. The van der Waals surface area contributed by atoms with Crippen LogP contribution in [0.5, 0.6) is 0 Å². The zero-order valence-electron chi connectivity index (χ0n) is 29.6. The van der Waals surface area contributed by atoms with E-state index in [-0.39, 0.29) is 5.41 Å². The fourth-order valence-corrected chi connectivity index (χ4v) is 8.20. The van der Waals surface area contributed by atoms with Gasteiger partial charge < -0.3 is 9.32 Å². The van der Waals surface area contributed by atoms with E-state index in [1.54, 1.807) is 0 Å². The Morgan fingerprint density at radius 3 is 1.77 bits per heavy atom. The van der Waals surface area contributed by atoms with Gasteiger partial charge >= 0.3 is 0 Å². The third-order valence-electron chi connectivity index (χ3n) is 10.9. The number of aromatic nitrogens is 1. The second-order valence-electron chi connectivity index (χ2n) is 14.4. The lowest BCUT2D eigenvalue weighted by Crippen LogP contribution is -2.16. The summed E-state index contributed by atoms with van der Waals surface area (Å²) < 4.78 is 6.51. The van der Waals surface area contributed by atoms with E-state index in [0.717, 1.165) is 55.6 Å². The van der Waals surface area contributed by atoms with Crippen molar-refractivity contribution >= 4 is 38.9 Å². The van der Waals surface area contributed by atoms with Crippen LogP contribution in [0.25, 0.3) is 66.7 Å². The van der Waals surface area contributed by atoms with Crippen molar-refractivity contribution in [2.24, 2.45) is 0 Å². The van der Waals surface area contributed by atoms with Crippen LogP contribution >= 0.6 is 0 Å². The summed E-state index contributed by atoms with van der Waals surface area (Å²) in [4.78, 5) is 7.25. The van der Waals surface area contributed by atoms with Gasteiger partial charge in [-0.05, 0) is 104 Å². The van der Waals surface area contributed by atoms with E-state index in [2.05, 4.69) is 170 Å². The molecule has 1 heterocycles. The van der Waals surface area contributed by atoms with Crippen LogP contribution in [-0.4, -0.2) is 4.98 Å². The molecule has 0 amide bonds. The molecule has 0 aliphatic heterocycles. The average Bonchev–Trinajstić information content (AvgIpc) is 3.76. The first-order valence-corrected chi connectivity index (χ1v) is 18.2. The zero-order valence-corrected chi connectivity index (χ0v) is 29.6. The van der Waals surface area contributed by atoms with Gasteiger partial charge in [-0.3, -0.25) is 0 Å². The number of oxazole rings is 1. The van der Waals surface area contributed by atoms with Gasteiger partial charge in [-0.2, -0.15) is 0 Å². The third kappa shape index (κ3) is 5.16. The van der Waals surface area contributed by atoms with Crippen LogP contribution < -0.4 is 4.90 Å². The van der Waals surface area contributed by atoms with Crippen molar-refractivity contribution in [3.8, 4) is 44.8 Å². The molecule has 0 bridgehead atoms. The first kappa shape index (κ1) is 31.1. The standard InChI is InChI=1S/C50H36N2O/c1-50(2)44-19-10-9-17-42(44)43-30-29-40(32-45(43)50)52(38-25-20-34(21-26-38)33-12-5-3-6-13-33)39-27-22-35(23-28-39)41-18-11-16-36-24-31-46-48(47(36)41)53-49(51-46)37-14-7-4-8-15-37/h3-32H,1-2H3. The van der Waals surface area contributed by atoms with Gasteiger partial charge in [-0.25, -0.2) is 4.98 Å². The maximum Gasteiger partial charge on any atom is 0.227 e. The molecule has 0 unspecified atom stereocenters. The second kappa shape index (κ2) is 12.2. The summed E-state index contributed by atoms with van der Waals surface area (Å²) in [6, 6.07) is 65.0. The van der Waals surface area contributed by atoms with E-state index in [1.165, 1.54) is 33.4 Å². The summed E-state index contributed by atoms with van der Waals surface area (Å²) in [5.74, 6) is 0.632. The Bertz CT molecular complexity index is 2780. The smallest absolute Gasteiger partial charge is 0.227 e. The Kier molecular flexibility index (Phi) is 7.16. The average molecular weight is 681 g/mol. The topological polar surface area (TPSA) is 29.3 Å². The number of hydrogen-bond acceptors (Lipinski definition) is 3. The van der Waals surface area contributed by atoms with E-state index in [0.29, 0.717) is 5.89 Å². The summed E-state index contributed by atoms with van der Waals surface area (Å²) in [5.41, 5.74) is 15.9. The third-order valence-corrected chi connectivity index (χ3v) is 10.9. The minimum atomic E-state index is -0.102. The SMILES string of the molecule is CC1(C)c2ccccc2-c2ccc(N(c3ccc(-c4ccccc4)cc3)c3ccc(-c4cccc5ccc6nc(-c7ccccc7)oc6c45)cc3)cc21. The molecule has 8 aromatic carbocycles. The molecular formula is C50H36N2O. The number of nitrogens with zero attached hydrogens (tertiary/aromatic N) is 2. The predicted molar refractivity (Wildman–Crippen MR) is 220 cm³/mol. The largest absolute Gasteiger partial charge is 0.435 e. The van der Waals surface area contributed by atoms with Crippen LogP contribution in [0.15, 0.2) is 186 Å². The Labute approximate surface area is 309 Å². The fourth-order valence-electron chi connectivity index (χ4n) is 8.20. The minimum absolute atomic E-state index is 0.102. The van der Waals surface area contributed by atoms with Crippen molar-refractivity contribution in [1.82, 2.24) is 4.98 Å². The lowest BCUT2D eigenvalue weighted by Gasteiger charge is -2.28. The van der Waals surface area contributed by atoms with E-state index in [9.17, 15) is 0 Å². The number of hydrogen-bond donors (Lipinski definition) is 0. The molecule has 0 N–H and O–H groups in total. The highest BCUT2D eigenvalue weighted by Crippen LogP contribution is 2.50. The molecule has 1 aromatic heterocycles. The second-order valence-corrected chi connectivity index (χ2v) is 14.4. The summed E-state index contributed by atoms with van der Waals surface area (Å²) in [7, 11) is 0. The van der Waals surface area contributed by atoms with E-state index in [1.807, 2.05) is 30.3 Å². The summed E-state index contributed by atoms with van der Waals surface area (Å²) >= 11 is 0. The van der Waals surface area contributed by atoms with Crippen molar-refractivity contribution in [3.05, 3.63) is 193 Å². The van der Waals surface area contributed by atoms with Gasteiger partial charge in [-0.1, -0.05) is 141 Å². The molecule has 1 aliphatic carbocycles. The predicted octanol–water partition coefficient (Wildman–Crippen LogP) is 13.8. The number of benzene rings is 8. The van der Waals surface area contributed by atoms with Gasteiger partial charge in [0.25, 0.3) is 0 Å². The van der Waals surface area contributed by atoms with Crippen molar-refractivity contribution in [1.29, 1.82) is 0 Å².